The lowest BCUT2D eigenvalue weighted by Crippen LogP contribution is -2.08. The second-order valence-corrected chi connectivity index (χ2v) is 4.44. The van der Waals surface area contributed by atoms with E-state index in [9.17, 15) is 4.79 Å². The topological polar surface area (TPSA) is 61.5 Å². The van der Waals surface area contributed by atoms with Gasteiger partial charge in [-0.05, 0) is 18.2 Å². The van der Waals surface area contributed by atoms with Crippen molar-refractivity contribution < 1.29 is 14.3 Å². The summed E-state index contributed by atoms with van der Waals surface area (Å²) in [6.45, 7) is 0.577. The molecule has 1 rings (SSSR count). The third kappa shape index (κ3) is 3.94. The lowest BCUT2D eigenvalue weighted by molar-refractivity contribution is 0.101. The molecule has 0 saturated carbocycles. The van der Waals surface area contributed by atoms with Crippen molar-refractivity contribution in [1.82, 2.24) is 0 Å². The molecule has 0 aliphatic carbocycles. The van der Waals surface area contributed by atoms with Crippen LogP contribution >= 0.6 is 11.8 Å². The van der Waals surface area contributed by atoms with Crippen LogP contribution in [0.4, 0.5) is 0 Å². The van der Waals surface area contributed by atoms with Crippen molar-refractivity contribution in [3.05, 3.63) is 23.8 Å². The monoisotopic (exact) mass is 255 g/mol. The number of hydrogen-bond acceptors (Lipinski definition) is 5. The van der Waals surface area contributed by atoms with Gasteiger partial charge in [-0.2, -0.15) is 11.8 Å². The number of ether oxygens (including phenoxy) is 2. The fraction of sp³-hybridized carbons (Fsp3) is 0.417. The molecule has 4 nitrogen and oxygen atoms in total. The number of hydrogen-bond donors (Lipinski definition) is 1. The minimum Gasteiger partial charge on any atom is -0.497 e. The standard InChI is InChI=1S/C12H17NO3S/c1-15-9-3-4-12(16-2)10(7-9)11(14)8-17-6-5-13/h3-4,7H,5-6,8,13H2,1-2H3. The molecule has 1 aromatic carbocycles. The van der Waals surface area contributed by atoms with Crippen LogP contribution in [0.2, 0.25) is 0 Å². The minimum atomic E-state index is 0.0270. The van der Waals surface area contributed by atoms with Crippen LogP contribution in [-0.4, -0.2) is 38.1 Å². The molecule has 0 atom stereocenters. The highest BCUT2D eigenvalue weighted by molar-refractivity contribution is 8.00. The summed E-state index contributed by atoms with van der Waals surface area (Å²) in [6.07, 6.45) is 0. The zero-order chi connectivity index (χ0) is 12.7. The van der Waals surface area contributed by atoms with Gasteiger partial charge in [-0.1, -0.05) is 0 Å². The summed E-state index contributed by atoms with van der Waals surface area (Å²) >= 11 is 1.52. The van der Waals surface area contributed by atoms with E-state index < -0.39 is 0 Å². The Morgan fingerprint density at radius 2 is 2.12 bits per heavy atom. The normalized spacial score (nSPS) is 10.1. The molecule has 17 heavy (non-hydrogen) atoms. The van der Waals surface area contributed by atoms with Gasteiger partial charge in [-0.15, -0.1) is 0 Å². The van der Waals surface area contributed by atoms with E-state index >= 15 is 0 Å². The predicted molar refractivity (Wildman–Crippen MR) is 70.3 cm³/mol. The zero-order valence-electron chi connectivity index (χ0n) is 10.1. The van der Waals surface area contributed by atoms with E-state index in [0.29, 0.717) is 29.4 Å². The van der Waals surface area contributed by atoms with Gasteiger partial charge < -0.3 is 15.2 Å². The van der Waals surface area contributed by atoms with Crippen LogP contribution in [0.25, 0.3) is 0 Å². The molecule has 0 heterocycles. The van der Waals surface area contributed by atoms with Crippen molar-refractivity contribution in [2.75, 3.05) is 32.3 Å². The molecule has 0 unspecified atom stereocenters. The summed E-state index contributed by atoms with van der Waals surface area (Å²) < 4.78 is 10.3. The van der Waals surface area contributed by atoms with Gasteiger partial charge in [0.25, 0.3) is 0 Å². The van der Waals surface area contributed by atoms with Crippen LogP contribution in [0.1, 0.15) is 10.4 Å². The first kappa shape index (κ1) is 13.9. The second-order valence-electron chi connectivity index (χ2n) is 3.33. The van der Waals surface area contributed by atoms with E-state index in [4.69, 9.17) is 15.2 Å². The van der Waals surface area contributed by atoms with Crippen molar-refractivity contribution in [1.29, 1.82) is 0 Å². The molecule has 0 aliphatic heterocycles. The largest absolute Gasteiger partial charge is 0.497 e. The van der Waals surface area contributed by atoms with Gasteiger partial charge in [0.15, 0.2) is 5.78 Å². The average molecular weight is 255 g/mol. The number of Topliss-reactive ketones (excluding diaryl/α,β-unsaturated/α-hetero) is 1. The van der Waals surface area contributed by atoms with Crippen LogP contribution in [-0.2, 0) is 0 Å². The van der Waals surface area contributed by atoms with Gasteiger partial charge in [0.05, 0.1) is 25.5 Å². The summed E-state index contributed by atoms with van der Waals surface area (Å²) in [5.74, 6) is 2.43. The third-order valence-corrected chi connectivity index (χ3v) is 3.19. The Kier molecular flexibility index (Phi) is 5.86. The number of benzene rings is 1. The molecule has 0 bridgehead atoms. The summed E-state index contributed by atoms with van der Waals surface area (Å²) in [6, 6.07) is 5.20. The lowest BCUT2D eigenvalue weighted by Gasteiger charge is -2.09. The fourth-order valence-electron chi connectivity index (χ4n) is 1.36. The highest BCUT2D eigenvalue weighted by Crippen LogP contribution is 2.25. The molecule has 0 spiro atoms. The number of thioether (sulfide) groups is 1. The van der Waals surface area contributed by atoms with E-state index in [1.807, 2.05) is 0 Å². The number of methoxy groups -OCH3 is 2. The van der Waals surface area contributed by atoms with Crippen LogP contribution in [0.3, 0.4) is 0 Å². The van der Waals surface area contributed by atoms with Crippen molar-refractivity contribution >= 4 is 17.5 Å². The molecule has 5 heteroatoms. The van der Waals surface area contributed by atoms with Gasteiger partial charge in [-0.3, -0.25) is 4.79 Å². The lowest BCUT2D eigenvalue weighted by atomic mass is 10.1. The van der Waals surface area contributed by atoms with E-state index in [1.165, 1.54) is 11.8 Å². The van der Waals surface area contributed by atoms with Crippen molar-refractivity contribution in [3.8, 4) is 11.5 Å². The SMILES string of the molecule is COc1ccc(OC)c(C(=O)CSCCN)c1. The Hall–Kier alpha value is -1.20. The molecule has 0 radical (unpaired) electrons. The quantitative estimate of drug-likeness (QED) is 0.592. The smallest absolute Gasteiger partial charge is 0.176 e. The minimum absolute atomic E-state index is 0.0270. The maximum atomic E-state index is 12.0. The van der Waals surface area contributed by atoms with Gasteiger partial charge in [0, 0.05) is 12.3 Å². The Bertz CT molecular complexity index is 382. The molecule has 0 fully saturated rings. The summed E-state index contributed by atoms with van der Waals surface area (Å²) in [4.78, 5) is 12.0. The first-order chi connectivity index (χ1) is 8.22. The van der Waals surface area contributed by atoms with Crippen LogP contribution < -0.4 is 15.2 Å². The van der Waals surface area contributed by atoms with Gasteiger partial charge in [0.2, 0.25) is 0 Å². The van der Waals surface area contributed by atoms with Crippen molar-refractivity contribution in [3.63, 3.8) is 0 Å². The number of nitrogens with two attached hydrogens (primary N) is 1. The van der Waals surface area contributed by atoms with Crippen molar-refractivity contribution in [2.45, 2.75) is 0 Å². The van der Waals surface area contributed by atoms with Gasteiger partial charge >= 0.3 is 0 Å². The molecular weight excluding hydrogens is 238 g/mol. The molecule has 94 valence electrons. The Balaban J connectivity index is 2.82. The Morgan fingerprint density at radius 1 is 1.35 bits per heavy atom. The van der Waals surface area contributed by atoms with E-state index in [1.54, 1.807) is 32.4 Å². The first-order valence-corrected chi connectivity index (χ1v) is 6.41. The highest BCUT2D eigenvalue weighted by Gasteiger charge is 2.13. The Labute approximate surface area is 105 Å². The van der Waals surface area contributed by atoms with Crippen molar-refractivity contribution in [2.24, 2.45) is 5.73 Å². The molecule has 0 amide bonds. The predicted octanol–water partition coefficient (Wildman–Crippen LogP) is 1.58. The van der Waals surface area contributed by atoms with Crippen LogP contribution in [0.5, 0.6) is 11.5 Å². The zero-order valence-corrected chi connectivity index (χ0v) is 10.9. The molecule has 0 aliphatic rings. The summed E-state index contributed by atoms with van der Waals surface area (Å²) in [5.41, 5.74) is 5.93. The number of carbonyl (C=O) groups excluding carboxylic acids is 1. The molecule has 1 aromatic rings. The summed E-state index contributed by atoms with van der Waals surface area (Å²) in [5, 5.41) is 0. The van der Waals surface area contributed by atoms with Gasteiger partial charge in [0.1, 0.15) is 11.5 Å². The fourth-order valence-corrected chi connectivity index (χ4v) is 2.01. The maximum absolute atomic E-state index is 12.0. The third-order valence-electron chi connectivity index (χ3n) is 2.20. The average Bonchev–Trinajstić information content (AvgIpc) is 2.38. The first-order valence-electron chi connectivity index (χ1n) is 5.26. The number of ketones is 1. The van der Waals surface area contributed by atoms with E-state index in [-0.39, 0.29) is 5.78 Å². The van der Waals surface area contributed by atoms with Crippen LogP contribution in [0, 0.1) is 0 Å². The van der Waals surface area contributed by atoms with Gasteiger partial charge in [-0.25, -0.2) is 0 Å². The van der Waals surface area contributed by atoms with Crippen LogP contribution in [0.15, 0.2) is 18.2 Å². The highest BCUT2D eigenvalue weighted by atomic mass is 32.2. The Morgan fingerprint density at radius 3 is 2.71 bits per heavy atom. The number of carbonyl (C=O) groups is 1. The van der Waals surface area contributed by atoms with E-state index in [2.05, 4.69) is 0 Å². The molecule has 2 N–H and O–H groups in total. The molecular formula is C12H17NO3S. The number of rotatable bonds is 7. The second kappa shape index (κ2) is 7.19. The molecule has 0 saturated heterocycles. The molecule has 0 aromatic heterocycles. The maximum Gasteiger partial charge on any atom is 0.176 e. The van der Waals surface area contributed by atoms with E-state index in [0.717, 1.165) is 5.75 Å². The summed E-state index contributed by atoms with van der Waals surface area (Å²) in [7, 11) is 3.12.